The summed E-state index contributed by atoms with van der Waals surface area (Å²) in [6.45, 7) is 15.8. The predicted molar refractivity (Wildman–Crippen MR) is 149 cm³/mol. The molecule has 0 aromatic rings. The Morgan fingerprint density at radius 2 is 0.675 bits per heavy atom. The molecule has 13 nitrogen and oxygen atoms in total. The summed E-state index contributed by atoms with van der Waals surface area (Å²) in [5.74, 6) is 0. The first-order chi connectivity index (χ1) is 19.3. The second kappa shape index (κ2) is 33.0. The second-order valence-corrected chi connectivity index (χ2v) is 9.12. The number of aliphatic hydroxyl groups excluding tert-OH is 4. The first-order valence-corrected chi connectivity index (χ1v) is 14.1. The molecule has 0 aliphatic carbocycles. The van der Waals surface area contributed by atoms with Gasteiger partial charge in [0.1, 0.15) is 0 Å². The van der Waals surface area contributed by atoms with Gasteiger partial charge in [0.05, 0.1) is 143 Å². The molecule has 244 valence electrons. The summed E-state index contributed by atoms with van der Waals surface area (Å²) in [5, 5.41) is 34.9. The monoisotopic (exact) mass is 590 g/mol. The van der Waals surface area contributed by atoms with Gasteiger partial charge in [0.15, 0.2) is 0 Å². The fraction of sp³-hybridized carbons (Fsp3) is 1.00. The third kappa shape index (κ3) is 35.5. The van der Waals surface area contributed by atoms with Crippen molar-refractivity contribution in [2.75, 3.05) is 112 Å². The van der Waals surface area contributed by atoms with Gasteiger partial charge >= 0.3 is 0 Å². The van der Waals surface area contributed by atoms with Crippen molar-refractivity contribution in [3.63, 3.8) is 0 Å². The van der Waals surface area contributed by atoms with E-state index < -0.39 is 6.10 Å². The first-order valence-electron chi connectivity index (χ1n) is 14.1. The Kier molecular flexibility index (Phi) is 34.3. The van der Waals surface area contributed by atoms with E-state index in [9.17, 15) is 0 Å². The van der Waals surface area contributed by atoms with Crippen LogP contribution in [0.3, 0.4) is 0 Å². The molecule has 0 aliphatic rings. The van der Waals surface area contributed by atoms with Gasteiger partial charge in [0, 0.05) is 0 Å². The molecule has 4 N–H and O–H groups in total. The van der Waals surface area contributed by atoms with Crippen molar-refractivity contribution >= 4 is 0 Å². The third-order valence-electron chi connectivity index (χ3n) is 4.68. The summed E-state index contributed by atoms with van der Waals surface area (Å²) in [7, 11) is 0. The van der Waals surface area contributed by atoms with Crippen LogP contribution in [0.15, 0.2) is 0 Å². The number of rotatable bonds is 29. The lowest BCUT2D eigenvalue weighted by molar-refractivity contribution is -0.0936. The molecule has 0 aromatic carbocycles. The summed E-state index contributed by atoms with van der Waals surface area (Å²) in [5.41, 5.74) is 0. The molecule has 0 radical (unpaired) electrons. The van der Waals surface area contributed by atoms with Gasteiger partial charge in [-0.05, 0) is 34.6 Å². The zero-order chi connectivity index (χ0) is 30.3. The van der Waals surface area contributed by atoms with Crippen molar-refractivity contribution in [1.29, 1.82) is 0 Å². The molecule has 13 heteroatoms. The Balaban J connectivity index is 0. The second-order valence-electron chi connectivity index (χ2n) is 9.12. The highest BCUT2D eigenvalue weighted by molar-refractivity contribution is 4.57. The Hall–Kier alpha value is -0.520. The number of hydrogen-bond donors (Lipinski definition) is 4. The standard InChI is InChI=1S/C15H32O6.C12H26O7/c1-11(17)7-18-13(3)9-20-15(5)10-21-14(4)8-19-12(2)6-16;13-1-3-15-5-7-17-9-11-19-12-10-18-8-6-16-4-2-14/h11-17H,6-10H2,1-5H3;13-14H,1-12H2. The molecular weight excluding hydrogens is 532 g/mol. The van der Waals surface area contributed by atoms with Crippen LogP contribution in [0.4, 0.5) is 0 Å². The van der Waals surface area contributed by atoms with Gasteiger partial charge in [-0.3, -0.25) is 0 Å². The van der Waals surface area contributed by atoms with Crippen LogP contribution < -0.4 is 0 Å². The summed E-state index contributed by atoms with van der Waals surface area (Å²) < 4.78 is 47.8. The molecule has 0 amide bonds. The quantitative estimate of drug-likeness (QED) is 0.0864. The van der Waals surface area contributed by atoms with Crippen LogP contribution in [0.25, 0.3) is 0 Å². The minimum absolute atomic E-state index is 0.0105. The van der Waals surface area contributed by atoms with Gasteiger partial charge in [-0.25, -0.2) is 0 Å². The lowest BCUT2D eigenvalue weighted by Crippen LogP contribution is -2.28. The van der Waals surface area contributed by atoms with E-state index in [0.29, 0.717) is 92.5 Å². The zero-order valence-corrected chi connectivity index (χ0v) is 25.4. The molecule has 0 bridgehead atoms. The van der Waals surface area contributed by atoms with Crippen molar-refractivity contribution in [1.82, 2.24) is 0 Å². The van der Waals surface area contributed by atoms with Crippen LogP contribution in [0.2, 0.25) is 0 Å². The van der Waals surface area contributed by atoms with Gasteiger partial charge in [-0.15, -0.1) is 0 Å². The molecule has 0 spiro atoms. The van der Waals surface area contributed by atoms with Crippen molar-refractivity contribution in [2.24, 2.45) is 0 Å². The SMILES string of the molecule is CC(O)COC(C)COC(C)COC(C)COC(C)CO.OCCOCCOCCOCCOCCOCCO. The summed E-state index contributed by atoms with van der Waals surface area (Å²) in [6.07, 6.45) is -0.783. The van der Waals surface area contributed by atoms with E-state index in [1.807, 2.05) is 27.7 Å². The van der Waals surface area contributed by atoms with Crippen molar-refractivity contribution in [3.05, 3.63) is 0 Å². The molecule has 0 saturated heterocycles. The smallest absolute Gasteiger partial charge is 0.0781 e. The average Bonchev–Trinajstić information content (AvgIpc) is 2.94. The van der Waals surface area contributed by atoms with Crippen LogP contribution in [0.5, 0.6) is 0 Å². The van der Waals surface area contributed by atoms with E-state index in [2.05, 4.69) is 0 Å². The number of ether oxygens (including phenoxy) is 9. The Labute approximate surface area is 240 Å². The predicted octanol–water partition coefficient (Wildman–Crippen LogP) is 0.0339. The molecule has 0 aliphatic heterocycles. The summed E-state index contributed by atoms with van der Waals surface area (Å²) in [6, 6.07) is 0. The number of hydrogen-bond acceptors (Lipinski definition) is 13. The topological polar surface area (TPSA) is 164 Å². The molecule has 0 saturated carbocycles. The maximum atomic E-state index is 9.12. The van der Waals surface area contributed by atoms with Gasteiger partial charge < -0.3 is 63.1 Å². The van der Waals surface area contributed by atoms with Gasteiger partial charge in [0.25, 0.3) is 0 Å². The van der Waals surface area contributed by atoms with E-state index >= 15 is 0 Å². The van der Waals surface area contributed by atoms with Crippen LogP contribution in [0, 0.1) is 0 Å². The number of aliphatic hydroxyl groups is 4. The Morgan fingerprint density at radius 1 is 0.400 bits per heavy atom. The molecule has 0 fully saturated rings. The first kappa shape index (κ1) is 41.6. The van der Waals surface area contributed by atoms with Gasteiger partial charge in [-0.2, -0.15) is 0 Å². The molecule has 40 heavy (non-hydrogen) atoms. The minimum Gasteiger partial charge on any atom is -0.394 e. The third-order valence-corrected chi connectivity index (χ3v) is 4.68. The highest BCUT2D eigenvalue weighted by Crippen LogP contribution is 2.02. The summed E-state index contributed by atoms with van der Waals surface area (Å²) in [4.78, 5) is 0. The maximum absolute atomic E-state index is 9.12. The van der Waals surface area contributed by atoms with Crippen molar-refractivity contribution in [2.45, 2.75) is 65.1 Å². The fourth-order valence-electron chi connectivity index (χ4n) is 2.51. The average molecular weight is 591 g/mol. The van der Waals surface area contributed by atoms with E-state index in [4.69, 9.17) is 63.1 Å². The van der Waals surface area contributed by atoms with Crippen molar-refractivity contribution < 1.29 is 63.1 Å². The van der Waals surface area contributed by atoms with E-state index in [0.717, 1.165) is 0 Å². The van der Waals surface area contributed by atoms with Gasteiger partial charge in [0.2, 0.25) is 0 Å². The maximum Gasteiger partial charge on any atom is 0.0781 e. The molecule has 0 aromatic heterocycles. The van der Waals surface area contributed by atoms with E-state index in [1.54, 1.807) is 6.92 Å². The van der Waals surface area contributed by atoms with Crippen LogP contribution in [-0.2, 0) is 42.6 Å². The lowest BCUT2D eigenvalue weighted by Gasteiger charge is -2.21. The van der Waals surface area contributed by atoms with Gasteiger partial charge in [-0.1, -0.05) is 0 Å². The van der Waals surface area contributed by atoms with E-state index in [1.165, 1.54) is 0 Å². The van der Waals surface area contributed by atoms with E-state index in [-0.39, 0.29) is 44.2 Å². The van der Waals surface area contributed by atoms with Crippen molar-refractivity contribution in [3.8, 4) is 0 Å². The fourth-order valence-corrected chi connectivity index (χ4v) is 2.51. The molecular formula is C27H58O13. The summed E-state index contributed by atoms with van der Waals surface area (Å²) >= 11 is 0. The largest absolute Gasteiger partial charge is 0.394 e. The Bertz CT molecular complexity index is 458. The van der Waals surface area contributed by atoms with Crippen LogP contribution in [-0.4, -0.2) is 163 Å². The zero-order valence-electron chi connectivity index (χ0n) is 25.4. The molecule has 0 rings (SSSR count). The normalized spacial score (nSPS) is 15.2. The minimum atomic E-state index is -0.463. The Morgan fingerprint density at radius 3 is 0.950 bits per heavy atom. The molecule has 5 atom stereocenters. The highest BCUT2D eigenvalue weighted by Gasteiger charge is 2.11. The molecule has 5 unspecified atom stereocenters. The van der Waals surface area contributed by atoms with Crippen LogP contribution in [0.1, 0.15) is 34.6 Å². The van der Waals surface area contributed by atoms with Crippen LogP contribution >= 0.6 is 0 Å². The molecule has 0 heterocycles. The lowest BCUT2D eigenvalue weighted by atomic mass is 10.3. The highest BCUT2D eigenvalue weighted by atomic mass is 16.6.